The zero-order valence-corrected chi connectivity index (χ0v) is 11.0. The summed E-state index contributed by atoms with van der Waals surface area (Å²) < 4.78 is 5.81. The van der Waals surface area contributed by atoms with Gasteiger partial charge in [0.15, 0.2) is 5.78 Å². The summed E-state index contributed by atoms with van der Waals surface area (Å²) in [5.41, 5.74) is 2.64. The Morgan fingerprint density at radius 1 is 1.12 bits per heavy atom. The molecule has 1 aromatic rings. The average molecular weight is 220 g/mol. The van der Waals surface area contributed by atoms with Crippen LogP contribution in [0.5, 0.6) is 5.75 Å². The van der Waals surface area contributed by atoms with E-state index in [0.717, 1.165) is 11.1 Å². The summed E-state index contributed by atoms with van der Waals surface area (Å²) in [7, 11) is 0. The van der Waals surface area contributed by atoms with Crippen LogP contribution in [0.25, 0.3) is 0 Å². The van der Waals surface area contributed by atoms with Crippen LogP contribution in [0, 0.1) is 13.8 Å². The Balaban J connectivity index is 3.25. The Kier molecular flexibility index (Phi) is 3.41. The molecule has 1 aromatic carbocycles. The molecule has 0 spiro atoms. The van der Waals surface area contributed by atoms with Gasteiger partial charge in [0, 0.05) is 0 Å². The highest BCUT2D eigenvalue weighted by molar-refractivity contribution is 5.97. The SMILES string of the molecule is CC(=O)c1cc(C)c(C)cc1OC(C)(C)C. The second-order valence-electron chi connectivity index (χ2n) is 5.20. The van der Waals surface area contributed by atoms with E-state index in [1.807, 2.05) is 46.8 Å². The lowest BCUT2D eigenvalue weighted by atomic mass is 10.0. The lowest BCUT2D eigenvalue weighted by Gasteiger charge is -2.23. The van der Waals surface area contributed by atoms with Gasteiger partial charge in [-0.05, 0) is 64.8 Å². The molecule has 2 heteroatoms. The molecule has 1 rings (SSSR count). The predicted molar refractivity (Wildman–Crippen MR) is 66.3 cm³/mol. The van der Waals surface area contributed by atoms with E-state index in [4.69, 9.17) is 4.74 Å². The van der Waals surface area contributed by atoms with Gasteiger partial charge in [-0.2, -0.15) is 0 Å². The maximum Gasteiger partial charge on any atom is 0.163 e. The van der Waals surface area contributed by atoms with Crippen molar-refractivity contribution < 1.29 is 9.53 Å². The Morgan fingerprint density at radius 2 is 1.62 bits per heavy atom. The van der Waals surface area contributed by atoms with Gasteiger partial charge in [-0.15, -0.1) is 0 Å². The van der Waals surface area contributed by atoms with Crippen LogP contribution >= 0.6 is 0 Å². The molecule has 88 valence electrons. The number of hydrogen-bond acceptors (Lipinski definition) is 2. The fourth-order valence-electron chi connectivity index (χ4n) is 1.48. The van der Waals surface area contributed by atoms with Gasteiger partial charge in [-0.1, -0.05) is 0 Å². The number of benzene rings is 1. The first-order valence-corrected chi connectivity index (χ1v) is 5.52. The van der Waals surface area contributed by atoms with Crippen LogP contribution in [0.3, 0.4) is 0 Å². The maximum atomic E-state index is 11.5. The molecule has 0 bridgehead atoms. The van der Waals surface area contributed by atoms with E-state index in [-0.39, 0.29) is 11.4 Å². The van der Waals surface area contributed by atoms with Crippen LogP contribution in [0.15, 0.2) is 12.1 Å². The highest BCUT2D eigenvalue weighted by Gasteiger charge is 2.17. The van der Waals surface area contributed by atoms with E-state index in [9.17, 15) is 4.79 Å². The molecule has 0 radical (unpaired) electrons. The first-order chi connectivity index (χ1) is 7.20. The summed E-state index contributed by atoms with van der Waals surface area (Å²) in [5, 5.41) is 0. The van der Waals surface area contributed by atoms with E-state index >= 15 is 0 Å². The lowest BCUT2D eigenvalue weighted by molar-refractivity contribution is 0.0990. The topological polar surface area (TPSA) is 26.3 Å². The number of hydrogen-bond donors (Lipinski definition) is 0. The van der Waals surface area contributed by atoms with E-state index in [1.165, 1.54) is 0 Å². The molecule has 0 saturated carbocycles. The van der Waals surface area contributed by atoms with Crippen molar-refractivity contribution in [2.45, 2.75) is 47.1 Å². The third-order valence-corrected chi connectivity index (χ3v) is 2.39. The van der Waals surface area contributed by atoms with Crippen molar-refractivity contribution in [3.8, 4) is 5.75 Å². The van der Waals surface area contributed by atoms with Crippen molar-refractivity contribution in [3.05, 3.63) is 28.8 Å². The Bertz CT molecular complexity index is 411. The smallest absolute Gasteiger partial charge is 0.163 e. The molecule has 0 saturated heterocycles. The van der Waals surface area contributed by atoms with E-state index < -0.39 is 0 Å². The Hall–Kier alpha value is -1.31. The number of carbonyl (C=O) groups is 1. The van der Waals surface area contributed by atoms with Crippen LogP contribution in [0.1, 0.15) is 49.2 Å². The highest BCUT2D eigenvalue weighted by atomic mass is 16.5. The Labute approximate surface area is 97.6 Å². The minimum Gasteiger partial charge on any atom is -0.487 e. The standard InChI is InChI=1S/C14H20O2/c1-9-7-12(11(3)15)13(8-10(9)2)16-14(4,5)6/h7-8H,1-6H3. The van der Waals surface area contributed by atoms with Crippen LogP contribution in [0.4, 0.5) is 0 Å². The number of ether oxygens (including phenoxy) is 1. The summed E-state index contributed by atoms with van der Waals surface area (Å²) in [6.07, 6.45) is 0. The van der Waals surface area contributed by atoms with Gasteiger partial charge in [-0.25, -0.2) is 0 Å². The molecule has 0 aliphatic carbocycles. The highest BCUT2D eigenvalue weighted by Crippen LogP contribution is 2.27. The van der Waals surface area contributed by atoms with E-state index in [0.29, 0.717) is 11.3 Å². The summed E-state index contributed by atoms with van der Waals surface area (Å²) >= 11 is 0. The van der Waals surface area contributed by atoms with Crippen molar-refractivity contribution in [2.75, 3.05) is 0 Å². The maximum absolute atomic E-state index is 11.5. The van der Waals surface area contributed by atoms with Gasteiger partial charge in [0.05, 0.1) is 5.56 Å². The molecule has 0 aliphatic heterocycles. The normalized spacial score (nSPS) is 11.4. The molecule has 16 heavy (non-hydrogen) atoms. The zero-order valence-electron chi connectivity index (χ0n) is 11.0. The van der Waals surface area contributed by atoms with Crippen LogP contribution in [-0.4, -0.2) is 11.4 Å². The first-order valence-electron chi connectivity index (χ1n) is 5.52. The first kappa shape index (κ1) is 12.8. The fourth-order valence-corrected chi connectivity index (χ4v) is 1.48. The summed E-state index contributed by atoms with van der Waals surface area (Å²) in [4.78, 5) is 11.5. The number of ketones is 1. The van der Waals surface area contributed by atoms with Crippen molar-refractivity contribution in [1.29, 1.82) is 0 Å². The predicted octanol–water partition coefficient (Wildman–Crippen LogP) is 3.68. The molecule has 0 fully saturated rings. The van der Waals surface area contributed by atoms with Crippen molar-refractivity contribution in [3.63, 3.8) is 0 Å². The van der Waals surface area contributed by atoms with Crippen molar-refractivity contribution in [1.82, 2.24) is 0 Å². The molecule has 0 aromatic heterocycles. The molecule has 0 unspecified atom stereocenters. The second kappa shape index (κ2) is 4.28. The minimum absolute atomic E-state index is 0.0438. The van der Waals surface area contributed by atoms with Gasteiger partial charge in [0.1, 0.15) is 11.4 Å². The van der Waals surface area contributed by atoms with Gasteiger partial charge in [0.25, 0.3) is 0 Å². The third-order valence-electron chi connectivity index (χ3n) is 2.39. The van der Waals surface area contributed by atoms with Gasteiger partial charge >= 0.3 is 0 Å². The monoisotopic (exact) mass is 220 g/mol. The molecular formula is C14H20O2. The quantitative estimate of drug-likeness (QED) is 0.711. The third kappa shape index (κ3) is 3.09. The van der Waals surface area contributed by atoms with Gasteiger partial charge in [0.2, 0.25) is 0 Å². The summed E-state index contributed by atoms with van der Waals surface area (Å²) in [6.45, 7) is 11.5. The molecule has 2 nitrogen and oxygen atoms in total. The summed E-state index contributed by atoms with van der Waals surface area (Å²) in [6, 6.07) is 3.84. The molecule has 0 N–H and O–H groups in total. The molecular weight excluding hydrogens is 200 g/mol. The Morgan fingerprint density at radius 3 is 2.06 bits per heavy atom. The van der Waals surface area contributed by atoms with Gasteiger partial charge < -0.3 is 4.74 Å². The summed E-state index contributed by atoms with van der Waals surface area (Å²) in [5.74, 6) is 0.727. The fraction of sp³-hybridized carbons (Fsp3) is 0.500. The molecule has 0 aliphatic rings. The molecule has 0 atom stereocenters. The lowest BCUT2D eigenvalue weighted by Crippen LogP contribution is -2.24. The van der Waals surface area contributed by atoms with Crippen molar-refractivity contribution in [2.24, 2.45) is 0 Å². The van der Waals surface area contributed by atoms with Crippen LogP contribution in [0.2, 0.25) is 0 Å². The van der Waals surface area contributed by atoms with Gasteiger partial charge in [-0.3, -0.25) is 4.79 Å². The van der Waals surface area contributed by atoms with Crippen LogP contribution in [-0.2, 0) is 0 Å². The van der Waals surface area contributed by atoms with E-state index in [2.05, 4.69) is 0 Å². The second-order valence-corrected chi connectivity index (χ2v) is 5.20. The van der Waals surface area contributed by atoms with Crippen molar-refractivity contribution >= 4 is 5.78 Å². The molecule has 0 amide bonds. The number of rotatable bonds is 2. The number of aryl methyl sites for hydroxylation is 2. The zero-order chi connectivity index (χ0) is 12.5. The number of Topliss-reactive ketones (excluding diaryl/α,β-unsaturated/α-hetero) is 1. The average Bonchev–Trinajstić information content (AvgIpc) is 2.07. The van der Waals surface area contributed by atoms with Crippen LogP contribution < -0.4 is 4.74 Å². The minimum atomic E-state index is -0.286. The number of carbonyl (C=O) groups excluding carboxylic acids is 1. The largest absolute Gasteiger partial charge is 0.487 e. The molecule has 0 heterocycles. The van der Waals surface area contributed by atoms with E-state index in [1.54, 1.807) is 6.92 Å².